The summed E-state index contributed by atoms with van der Waals surface area (Å²) in [6, 6.07) is 1.45. The van der Waals surface area contributed by atoms with Gasteiger partial charge in [-0.05, 0) is 18.4 Å². The minimum absolute atomic E-state index is 0.0307. The number of halogens is 1. The van der Waals surface area contributed by atoms with Gasteiger partial charge in [-0.1, -0.05) is 5.10 Å². The molecule has 2 aromatic heterocycles. The molecule has 1 saturated heterocycles. The van der Waals surface area contributed by atoms with Gasteiger partial charge >= 0.3 is 12.0 Å². The fraction of sp³-hybridized carbons (Fsp3) is 0.400. The van der Waals surface area contributed by atoms with Crippen LogP contribution in [0.2, 0.25) is 0 Å². The lowest BCUT2D eigenvalue weighted by atomic mass is 10.1. The fourth-order valence-electron chi connectivity index (χ4n) is 4.27. The van der Waals surface area contributed by atoms with E-state index in [1.807, 2.05) is 4.90 Å². The number of nitrogens with one attached hydrogen (secondary N) is 1. The highest BCUT2D eigenvalue weighted by molar-refractivity contribution is 5.97. The molecule has 11 nitrogen and oxygen atoms in total. The van der Waals surface area contributed by atoms with Crippen molar-refractivity contribution in [2.45, 2.75) is 13.3 Å². The number of carboxylic acid groups (broad SMARTS) is 1. The molecule has 2 N–H and O–H groups in total. The van der Waals surface area contributed by atoms with Crippen molar-refractivity contribution >= 4 is 28.6 Å². The van der Waals surface area contributed by atoms with Gasteiger partial charge in [-0.25, -0.2) is 9.18 Å². The van der Waals surface area contributed by atoms with E-state index in [-0.39, 0.29) is 29.5 Å². The zero-order chi connectivity index (χ0) is 22.6. The molecule has 5 rings (SSSR count). The molecule has 0 spiro atoms. The zero-order valence-electron chi connectivity index (χ0n) is 17.5. The maximum atomic E-state index is 15.3. The van der Waals surface area contributed by atoms with Crippen molar-refractivity contribution in [3.63, 3.8) is 0 Å². The van der Waals surface area contributed by atoms with E-state index in [2.05, 4.69) is 15.5 Å². The Morgan fingerprint density at radius 1 is 1.41 bits per heavy atom. The van der Waals surface area contributed by atoms with Crippen LogP contribution in [0.25, 0.3) is 10.9 Å². The van der Waals surface area contributed by atoms with E-state index in [9.17, 15) is 14.7 Å². The van der Waals surface area contributed by atoms with Gasteiger partial charge in [0.15, 0.2) is 18.3 Å². The van der Waals surface area contributed by atoms with Crippen molar-refractivity contribution in [3.05, 3.63) is 39.8 Å². The van der Waals surface area contributed by atoms with Crippen LogP contribution in [0.4, 0.5) is 16.1 Å². The first-order chi connectivity index (χ1) is 15.3. The van der Waals surface area contributed by atoms with Crippen molar-refractivity contribution < 1.29 is 23.4 Å². The van der Waals surface area contributed by atoms with E-state index >= 15 is 4.39 Å². The second-order valence-corrected chi connectivity index (χ2v) is 7.99. The lowest BCUT2D eigenvalue weighted by Crippen LogP contribution is -2.40. The van der Waals surface area contributed by atoms with Gasteiger partial charge in [0.05, 0.1) is 5.39 Å². The van der Waals surface area contributed by atoms with Gasteiger partial charge in [-0.3, -0.25) is 14.5 Å². The monoisotopic (exact) mass is 444 g/mol. The summed E-state index contributed by atoms with van der Waals surface area (Å²) in [6.45, 7) is 3.53. The number of aromatic nitrogens is 3. The number of nitrogens with zero attached hydrogens (tertiary/aromatic N) is 5. The summed E-state index contributed by atoms with van der Waals surface area (Å²) in [6.07, 6.45) is 2.06. The highest BCUT2D eigenvalue weighted by Gasteiger charge is 2.32. The molecular weight excluding hydrogens is 423 g/mol. The lowest BCUT2D eigenvalue weighted by molar-refractivity contribution is 0.0694. The molecule has 0 bridgehead atoms. The van der Waals surface area contributed by atoms with Crippen molar-refractivity contribution in [2.75, 3.05) is 48.6 Å². The van der Waals surface area contributed by atoms with E-state index < -0.39 is 22.8 Å². The largest absolute Gasteiger partial charge is 0.477 e. The summed E-state index contributed by atoms with van der Waals surface area (Å²) in [5.74, 6) is -1.07. The van der Waals surface area contributed by atoms with Crippen LogP contribution in [0.5, 0.6) is 5.75 Å². The van der Waals surface area contributed by atoms with Crippen LogP contribution in [0.15, 0.2) is 21.5 Å². The van der Waals surface area contributed by atoms with E-state index in [1.54, 1.807) is 19.0 Å². The molecule has 32 heavy (non-hydrogen) atoms. The van der Waals surface area contributed by atoms with E-state index in [0.29, 0.717) is 37.1 Å². The molecule has 0 saturated carbocycles. The highest BCUT2D eigenvalue weighted by Crippen LogP contribution is 2.41. The maximum absolute atomic E-state index is 15.3. The van der Waals surface area contributed by atoms with Crippen LogP contribution in [0.1, 0.15) is 22.7 Å². The van der Waals surface area contributed by atoms with Gasteiger partial charge in [0.1, 0.15) is 16.8 Å². The fourth-order valence-corrected chi connectivity index (χ4v) is 4.27. The first-order valence-electron chi connectivity index (χ1n) is 10.1. The topological polar surface area (TPSA) is 126 Å². The van der Waals surface area contributed by atoms with Crippen molar-refractivity contribution in [2.24, 2.45) is 5.92 Å². The van der Waals surface area contributed by atoms with Crippen LogP contribution in [-0.2, 0) is 0 Å². The number of hydrogen-bond acceptors (Lipinski definition) is 9. The normalized spacial score (nSPS) is 17.7. The number of ether oxygens (including phenoxy) is 1. The first kappa shape index (κ1) is 20.1. The van der Waals surface area contributed by atoms with Crippen molar-refractivity contribution in [1.29, 1.82) is 0 Å². The molecule has 1 aromatic carbocycles. The molecule has 1 fully saturated rings. The number of carbonyl (C=O) groups is 1. The van der Waals surface area contributed by atoms with Gasteiger partial charge in [0, 0.05) is 39.8 Å². The molecule has 168 valence electrons. The second-order valence-electron chi connectivity index (χ2n) is 7.99. The number of aromatic carboxylic acids is 1. The summed E-state index contributed by atoms with van der Waals surface area (Å²) in [5, 5.41) is 21.8. The SMILES string of the molecule is Cc1nnc(NCC2CCN(c3c(F)cc4c(=O)c(C(=O)O)cn5c4c3OCN5C)C2)o1. The molecule has 2 aliphatic heterocycles. The van der Waals surface area contributed by atoms with Gasteiger partial charge in [-0.15, -0.1) is 5.10 Å². The van der Waals surface area contributed by atoms with Crippen LogP contribution < -0.4 is 25.4 Å². The zero-order valence-corrected chi connectivity index (χ0v) is 17.5. The average Bonchev–Trinajstić information content (AvgIpc) is 3.38. The Balaban J connectivity index is 1.50. The van der Waals surface area contributed by atoms with Gasteiger partial charge in [0.25, 0.3) is 0 Å². The number of aryl methyl sites for hydroxylation is 1. The molecule has 4 heterocycles. The van der Waals surface area contributed by atoms with Crippen LogP contribution in [0, 0.1) is 18.7 Å². The summed E-state index contributed by atoms with van der Waals surface area (Å²) in [4.78, 5) is 26.1. The number of pyridine rings is 1. The van der Waals surface area contributed by atoms with E-state index in [4.69, 9.17) is 9.15 Å². The number of hydrogen-bond donors (Lipinski definition) is 2. The molecule has 1 atom stereocenters. The highest BCUT2D eigenvalue weighted by atomic mass is 19.1. The summed E-state index contributed by atoms with van der Waals surface area (Å²) in [7, 11) is 1.69. The molecule has 0 radical (unpaired) electrons. The van der Waals surface area contributed by atoms with Crippen LogP contribution in [-0.4, -0.2) is 59.4 Å². The first-order valence-corrected chi connectivity index (χ1v) is 10.1. The quantitative estimate of drug-likeness (QED) is 0.596. The summed E-state index contributed by atoms with van der Waals surface area (Å²) >= 11 is 0. The van der Waals surface area contributed by atoms with Gasteiger partial charge < -0.3 is 24.5 Å². The van der Waals surface area contributed by atoms with Gasteiger partial charge in [-0.2, -0.15) is 0 Å². The third-order valence-corrected chi connectivity index (χ3v) is 5.82. The van der Waals surface area contributed by atoms with Crippen LogP contribution >= 0.6 is 0 Å². The lowest BCUT2D eigenvalue weighted by Gasteiger charge is -2.33. The Morgan fingerprint density at radius 2 is 2.22 bits per heavy atom. The molecular formula is C20H21FN6O5. The molecule has 2 aliphatic rings. The Bertz CT molecular complexity index is 1290. The Kier molecular flexibility index (Phi) is 4.64. The Morgan fingerprint density at radius 3 is 2.94 bits per heavy atom. The van der Waals surface area contributed by atoms with Crippen molar-refractivity contribution in [1.82, 2.24) is 14.9 Å². The van der Waals surface area contributed by atoms with Crippen LogP contribution in [0.3, 0.4) is 0 Å². The van der Waals surface area contributed by atoms with Gasteiger partial charge in [0.2, 0.25) is 11.3 Å². The van der Waals surface area contributed by atoms with E-state index in [1.165, 1.54) is 10.9 Å². The van der Waals surface area contributed by atoms with Crippen molar-refractivity contribution in [3.8, 4) is 5.75 Å². The molecule has 1 unspecified atom stereocenters. The number of anilines is 2. The second kappa shape index (κ2) is 7.39. The standard InChI is InChI=1S/C20H21FN6O5/c1-10-23-24-20(32-10)22-6-11-3-4-26(7-11)16-14(21)5-12-15-18(16)31-9-25(2)27(15)8-13(17(12)28)19(29)30/h5,8,11H,3-4,6-7,9H2,1-2H3,(H,22,24)(H,29,30). The predicted molar refractivity (Wildman–Crippen MR) is 113 cm³/mol. The summed E-state index contributed by atoms with van der Waals surface area (Å²) < 4.78 is 28.0. The molecule has 0 amide bonds. The Hall–Kier alpha value is -3.83. The maximum Gasteiger partial charge on any atom is 0.341 e. The minimum atomic E-state index is -1.36. The predicted octanol–water partition coefficient (Wildman–Crippen LogP) is 1.39. The van der Waals surface area contributed by atoms with E-state index in [0.717, 1.165) is 12.5 Å². The third-order valence-electron chi connectivity index (χ3n) is 5.82. The minimum Gasteiger partial charge on any atom is -0.477 e. The Labute approximate surface area is 181 Å². The third kappa shape index (κ3) is 3.18. The molecule has 0 aliphatic carbocycles. The molecule has 3 aromatic rings. The number of benzene rings is 1. The number of rotatable bonds is 5. The number of carboxylic acids is 1. The average molecular weight is 444 g/mol. The molecule has 12 heteroatoms. The summed E-state index contributed by atoms with van der Waals surface area (Å²) in [5.41, 5.74) is -0.536. The smallest absolute Gasteiger partial charge is 0.341 e.